The van der Waals surface area contributed by atoms with Crippen molar-refractivity contribution in [3.63, 3.8) is 0 Å². The summed E-state index contributed by atoms with van der Waals surface area (Å²) in [6.45, 7) is 1.35. The maximum absolute atomic E-state index is 10.1. The topological polar surface area (TPSA) is 91.3 Å². The van der Waals surface area contributed by atoms with Crippen LogP contribution in [0.15, 0.2) is 5.10 Å². The number of carbonyl (C=O) groups excluding carboxylic acids is 1. The van der Waals surface area contributed by atoms with Gasteiger partial charge in [-0.15, -0.1) is 0 Å². The van der Waals surface area contributed by atoms with Gasteiger partial charge in [-0.25, -0.2) is 5.43 Å². The molecule has 0 fully saturated rings. The molecule has 5 heteroatoms. The molecule has 0 rings (SSSR count). The molecule has 0 aromatic heterocycles. The second-order valence-electron chi connectivity index (χ2n) is 1.39. The zero-order chi connectivity index (χ0) is 7.28. The highest BCUT2D eigenvalue weighted by molar-refractivity contribution is 6.26. The molecular formula is C4H8N4O. The Morgan fingerprint density at radius 1 is 1.89 bits per heavy atom. The molecule has 0 unspecified atom stereocenters. The molecule has 5 nitrogen and oxygen atoms in total. The van der Waals surface area contributed by atoms with Gasteiger partial charge in [-0.1, -0.05) is 0 Å². The molecule has 0 saturated carbocycles. The van der Waals surface area contributed by atoms with Crippen molar-refractivity contribution in [1.29, 1.82) is 5.41 Å². The van der Waals surface area contributed by atoms with Crippen LogP contribution < -0.4 is 11.2 Å². The molecule has 0 aromatic carbocycles. The summed E-state index contributed by atoms with van der Waals surface area (Å²) in [5.74, 6) is -0.476. The lowest BCUT2D eigenvalue weighted by Gasteiger charge is -1.90. The third-order valence-electron chi connectivity index (χ3n) is 0.431. The molecule has 0 spiro atoms. The first-order valence-electron chi connectivity index (χ1n) is 2.26. The number of nitrogens with one attached hydrogen (secondary N) is 2. The molecule has 4 N–H and O–H groups in total. The van der Waals surface area contributed by atoms with Crippen LogP contribution in [0.3, 0.4) is 0 Å². The number of carbonyl (C=O) groups is 1. The molecule has 0 heterocycles. The van der Waals surface area contributed by atoms with Crippen LogP contribution in [0.4, 0.5) is 0 Å². The van der Waals surface area contributed by atoms with Crippen LogP contribution >= 0.6 is 0 Å². The van der Waals surface area contributed by atoms with E-state index in [-0.39, 0.29) is 11.7 Å². The summed E-state index contributed by atoms with van der Waals surface area (Å²) in [5.41, 5.74) is 6.91. The van der Waals surface area contributed by atoms with Gasteiger partial charge in [-0.3, -0.25) is 10.2 Å². The van der Waals surface area contributed by atoms with Gasteiger partial charge in [-0.05, 0) is 0 Å². The highest BCUT2D eigenvalue weighted by Crippen LogP contribution is 1.59. The first-order valence-corrected chi connectivity index (χ1v) is 2.26. The van der Waals surface area contributed by atoms with E-state index in [1.807, 2.05) is 0 Å². The van der Waals surface area contributed by atoms with E-state index in [2.05, 4.69) is 10.5 Å². The largest absolute Gasteiger partial charge is 0.369 e. The number of rotatable bonds is 2. The number of hydrogen-bond donors (Lipinski definition) is 3. The fourth-order valence-electron chi connectivity index (χ4n) is 0.193. The number of ketones is 1. The smallest absolute Gasteiger partial charge is 0.206 e. The number of guanidine groups is 1. The lowest BCUT2D eigenvalue weighted by atomic mass is 10.5. The van der Waals surface area contributed by atoms with Crippen molar-refractivity contribution in [2.24, 2.45) is 10.8 Å². The van der Waals surface area contributed by atoms with E-state index in [1.54, 1.807) is 0 Å². The van der Waals surface area contributed by atoms with E-state index in [0.29, 0.717) is 0 Å². The highest BCUT2D eigenvalue weighted by atomic mass is 16.1. The maximum Gasteiger partial charge on any atom is 0.206 e. The molecule has 0 bridgehead atoms. The Morgan fingerprint density at radius 3 is 2.78 bits per heavy atom. The van der Waals surface area contributed by atoms with Crippen LogP contribution in [0.1, 0.15) is 6.92 Å². The molecule has 0 aliphatic heterocycles. The summed E-state index contributed by atoms with van der Waals surface area (Å²) in [4.78, 5) is 10.1. The third kappa shape index (κ3) is 6.61. The first-order chi connectivity index (χ1) is 4.13. The lowest BCUT2D eigenvalue weighted by Crippen LogP contribution is -2.25. The molecule has 0 aliphatic carbocycles. The van der Waals surface area contributed by atoms with Gasteiger partial charge in [0.25, 0.3) is 0 Å². The Kier molecular flexibility index (Phi) is 3.04. The molecule has 50 valence electrons. The average Bonchev–Trinajstić information content (AvgIpc) is 1.63. The van der Waals surface area contributed by atoms with Gasteiger partial charge < -0.3 is 5.73 Å². The Hall–Kier alpha value is -1.39. The molecule has 9 heavy (non-hydrogen) atoms. The Balaban J connectivity index is 3.48. The van der Waals surface area contributed by atoms with Crippen LogP contribution in [0.5, 0.6) is 0 Å². The fourth-order valence-corrected chi connectivity index (χ4v) is 0.193. The van der Waals surface area contributed by atoms with Gasteiger partial charge >= 0.3 is 0 Å². The fraction of sp³-hybridized carbons (Fsp3) is 0.250. The number of hydrazone groups is 1. The second-order valence-corrected chi connectivity index (χ2v) is 1.39. The minimum absolute atomic E-state index is 0.191. The number of nitrogens with two attached hydrogens (primary N) is 1. The predicted molar refractivity (Wildman–Crippen MR) is 34.2 cm³/mol. The summed E-state index contributed by atoms with van der Waals surface area (Å²) in [7, 11) is 0. The van der Waals surface area contributed by atoms with E-state index >= 15 is 0 Å². The average molecular weight is 128 g/mol. The summed E-state index contributed by atoms with van der Waals surface area (Å²) in [5, 5.41) is 9.88. The molecule has 0 saturated heterocycles. The van der Waals surface area contributed by atoms with Gasteiger partial charge in [0.2, 0.25) is 5.96 Å². The normalized spacial score (nSPS) is 9.44. The van der Waals surface area contributed by atoms with Crippen LogP contribution in [0.25, 0.3) is 0 Å². The molecule has 0 atom stereocenters. The van der Waals surface area contributed by atoms with Crippen molar-refractivity contribution in [3.05, 3.63) is 0 Å². The molecule has 0 radical (unpaired) electrons. The Labute approximate surface area is 52.4 Å². The van der Waals surface area contributed by atoms with Crippen molar-refractivity contribution in [2.75, 3.05) is 0 Å². The highest BCUT2D eigenvalue weighted by Gasteiger charge is 1.81. The van der Waals surface area contributed by atoms with Crippen LogP contribution in [-0.2, 0) is 4.79 Å². The van der Waals surface area contributed by atoms with Crippen LogP contribution in [0, 0.1) is 5.41 Å². The summed E-state index contributed by atoms with van der Waals surface area (Å²) in [6.07, 6.45) is 1.04. The van der Waals surface area contributed by atoms with E-state index in [9.17, 15) is 4.79 Å². The van der Waals surface area contributed by atoms with Crippen molar-refractivity contribution < 1.29 is 4.79 Å². The molecule has 0 amide bonds. The minimum Gasteiger partial charge on any atom is -0.369 e. The number of Topliss-reactive ketones (excluding diaryl/α,β-unsaturated/α-hetero) is 1. The number of nitrogens with zero attached hydrogens (tertiary/aromatic N) is 1. The van der Waals surface area contributed by atoms with E-state index in [0.717, 1.165) is 6.21 Å². The maximum atomic E-state index is 10.1. The lowest BCUT2D eigenvalue weighted by molar-refractivity contribution is -0.110. The summed E-state index contributed by atoms with van der Waals surface area (Å²) < 4.78 is 0. The SMILES string of the molecule is CC(=O)/C=N/NC(=N)N. The quantitative estimate of drug-likeness (QED) is 0.254. The van der Waals surface area contributed by atoms with Gasteiger partial charge in [0.1, 0.15) is 0 Å². The molecular weight excluding hydrogens is 120 g/mol. The van der Waals surface area contributed by atoms with Crippen molar-refractivity contribution in [3.8, 4) is 0 Å². The Morgan fingerprint density at radius 2 is 2.44 bits per heavy atom. The summed E-state index contributed by atoms with van der Waals surface area (Å²) >= 11 is 0. The molecule has 0 aromatic rings. The van der Waals surface area contributed by atoms with E-state index < -0.39 is 0 Å². The standard InChI is InChI=1S/C4H8N4O/c1-3(9)2-7-8-4(5)6/h2H,1H3,(H4,5,6,8)/b7-2+. The van der Waals surface area contributed by atoms with Crippen molar-refractivity contribution >= 4 is 18.0 Å². The zero-order valence-corrected chi connectivity index (χ0v) is 5.01. The molecule has 0 aliphatic rings. The monoisotopic (exact) mass is 128 g/mol. The Bertz CT molecular complexity index is 151. The van der Waals surface area contributed by atoms with Gasteiger partial charge in [0, 0.05) is 6.92 Å². The van der Waals surface area contributed by atoms with Gasteiger partial charge in [0.05, 0.1) is 6.21 Å². The zero-order valence-electron chi connectivity index (χ0n) is 5.01. The third-order valence-corrected chi connectivity index (χ3v) is 0.431. The van der Waals surface area contributed by atoms with Crippen molar-refractivity contribution in [2.45, 2.75) is 6.92 Å². The van der Waals surface area contributed by atoms with Gasteiger partial charge in [0.15, 0.2) is 5.78 Å². The second kappa shape index (κ2) is 3.59. The van der Waals surface area contributed by atoms with Crippen LogP contribution in [0.2, 0.25) is 0 Å². The minimum atomic E-state index is -0.285. The first kappa shape index (κ1) is 7.61. The number of hydrogen-bond acceptors (Lipinski definition) is 3. The van der Waals surface area contributed by atoms with E-state index in [1.165, 1.54) is 6.92 Å². The van der Waals surface area contributed by atoms with Gasteiger partial charge in [-0.2, -0.15) is 5.10 Å². The predicted octanol–water partition coefficient (Wildman–Crippen LogP) is -0.956. The van der Waals surface area contributed by atoms with E-state index in [4.69, 9.17) is 11.1 Å². The van der Waals surface area contributed by atoms with Crippen molar-refractivity contribution in [1.82, 2.24) is 5.43 Å². The van der Waals surface area contributed by atoms with Crippen LogP contribution in [-0.4, -0.2) is 18.0 Å². The summed E-state index contributed by atoms with van der Waals surface area (Å²) in [6, 6.07) is 0.